The third-order valence-electron chi connectivity index (χ3n) is 7.39. The molecule has 0 aliphatic carbocycles. The predicted octanol–water partition coefficient (Wildman–Crippen LogP) is 3.90. The summed E-state index contributed by atoms with van der Waals surface area (Å²) in [4.78, 5) is 43.7. The van der Waals surface area contributed by atoms with Gasteiger partial charge < -0.3 is 5.32 Å². The Morgan fingerprint density at radius 2 is 1.85 bits per heavy atom. The Morgan fingerprint density at radius 3 is 2.61 bits per heavy atom. The van der Waals surface area contributed by atoms with Crippen molar-refractivity contribution in [2.75, 3.05) is 16.8 Å². The largest absolute Gasteiger partial charge is 0.416 e. The van der Waals surface area contributed by atoms with Gasteiger partial charge in [-0.2, -0.15) is 13.2 Å². The number of nitrogens with one attached hydrogen (secondary N) is 1. The molecule has 0 saturated carbocycles. The predicted molar refractivity (Wildman–Crippen MR) is 115 cm³/mol. The van der Waals surface area contributed by atoms with E-state index in [2.05, 4.69) is 21.2 Å². The van der Waals surface area contributed by atoms with Crippen molar-refractivity contribution in [1.82, 2.24) is 4.90 Å². The molecule has 4 heterocycles. The Bertz CT molecular complexity index is 1250. The van der Waals surface area contributed by atoms with Crippen LogP contribution in [0.25, 0.3) is 0 Å². The van der Waals surface area contributed by atoms with Crippen LogP contribution >= 0.6 is 15.9 Å². The van der Waals surface area contributed by atoms with Gasteiger partial charge in [0.05, 0.1) is 23.1 Å². The molecule has 0 bridgehead atoms. The van der Waals surface area contributed by atoms with Crippen molar-refractivity contribution in [2.24, 2.45) is 11.8 Å². The Hall–Kier alpha value is -2.72. The maximum Gasteiger partial charge on any atom is 0.416 e. The van der Waals surface area contributed by atoms with Crippen molar-refractivity contribution in [2.45, 2.75) is 30.6 Å². The zero-order valence-corrected chi connectivity index (χ0v) is 18.6. The quantitative estimate of drug-likeness (QED) is 0.580. The molecule has 3 amide bonds. The van der Waals surface area contributed by atoms with Crippen molar-refractivity contribution >= 4 is 45.0 Å². The summed E-state index contributed by atoms with van der Waals surface area (Å²) in [5.41, 5.74) is -1.24. The summed E-state index contributed by atoms with van der Waals surface area (Å²) in [5, 5.41) is 2.87. The highest BCUT2D eigenvalue weighted by Gasteiger charge is 2.74. The molecule has 1 spiro atoms. The minimum Gasteiger partial charge on any atom is -0.324 e. The standard InChI is InChI=1S/C23H17BrF3N3O3/c24-12-6-7-15-14(10-12)22(21(33)28-15)18-17(16-5-2-8-29(16)22)19(31)30(20(18)32)13-4-1-3-11(9-13)23(25,26)27/h1,3-4,6-7,9-10,16-18H,2,5,8H2,(H,28,33)/t16-,17+,18-,22+/m0/s1. The molecule has 10 heteroatoms. The van der Waals surface area contributed by atoms with Crippen LogP contribution in [0.3, 0.4) is 0 Å². The minimum atomic E-state index is -4.61. The highest BCUT2D eigenvalue weighted by Crippen LogP contribution is 2.61. The number of alkyl halides is 3. The first-order valence-corrected chi connectivity index (χ1v) is 11.4. The number of hydrogen-bond acceptors (Lipinski definition) is 4. The van der Waals surface area contributed by atoms with Crippen molar-refractivity contribution in [3.8, 4) is 0 Å². The van der Waals surface area contributed by atoms with Crippen LogP contribution in [-0.4, -0.2) is 35.2 Å². The molecule has 4 atom stereocenters. The van der Waals surface area contributed by atoms with Gasteiger partial charge in [0, 0.05) is 21.8 Å². The SMILES string of the molecule is O=C1[C@H]2[C@@H](C(=O)N1c1cccc(C(F)(F)F)c1)[C@]1(C(=O)Nc3ccc(Br)cc31)N1CCC[C@@H]21. The molecule has 3 saturated heterocycles. The topological polar surface area (TPSA) is 69.7 Å². The molecule has 0 radical (unpaired) electrons. The first-order valence-electron chi connectivity index (χ1n) is 10.6. The van der Waals surface area contributed by atoms with Gasteiger partial charge >= 0.3 is 6.18 Å². The van der Waals surface area contributed by atoms with E-state index in [0.717, 1.165) is 27.9 Å². The summed E-state index contributed by atoms with van der Waals surface area (Å²) in [6.45, 7) is 0.557. The van der Waals surface area contributed by atoms with E-state index in [1.54, 1.807) is 18.2 Å². The first kappa shape index (κ1) is 20.9. The van der Waals surface area contributed by atoms with Crippen LogP contribution in [0.15, 0.2) is 46.9 Å². The summed E-state index contributed by atoms with van der Waals surface area (Å²) in [6, 6.07) is 9.19. The number of anilines is 2. The van der Waals surface area contributed by atoms with Gasteiger partial charge in [0.1, 0.15) is 5.54 Å². The molecule has 33 heavy (non-hydrogen) atoms. The summed E-state index contributed by atoms with van der Waals surface area (Å²) < 4.78 is 40.6. The summed E-state index contributed by atoms with van der Waals surface area (Å²) in [5.74, 6) is -3.37. The number of hydrogen-bond donors (Lipinski definition) is 1. The number of carbonyl (C=O) groups is 3. The van der Waals surface area contributed by atoms with Crippen LogP contribution in [0.2, 0.25) is 0 Å². The van der Waals surface area contributed by atoms with Gasteiger partial charge in [-0.05, 0) is 55.8 Å². The monoisotopic (exact) mass is 519 g/mol. The van der Waals surface area contributed by atoms with Gasteiger partial charge in [-0.15, -0.1) is 0 Å². The number of rotatable bonds is 1. The first-order chi connectivity index (χ1) is 15.7. The van der Waals surface area contributed by atoms with E-state index in [-0.39, 0.29) is 17.6 Å². The lowest BCUT2D eigenvalue weighted by Crippen LogP contribution is -2.54. The van der Waals surface area contributed by atoms with Crippen molar-refractivity contribution in [3.63, 3.8) is 0 Å². The normalized spacial score (nSPS) is 30.7. The lowest BCUT2D eigenvalue weighted by atomic mass is 9.75. The van der Waals surface area contributed by atoms with Crippen LogP contribution in [0.5, 0.6) is 0 Å². The van der Waals surface area contributed by atoms with Gasteiger partial charge in [0.15, 0.2) is 0 Å². The van der Waals surface area contributed by atoms with Crippen LogP contribution in [0.4, 0.5) is 24.5 Å². The lowest BCUT2D eigenvalue weighted by molar-refractivity contribution is -0.137. The Morgan fingerprint density at radius 1 is 1.06 bits per heavy atom. The third-order valence-corrected chi connectivity index (χ3v) is 7.88. The molecule has 2 aromatic carbocycles. The van der Waals surface area contributed by atoms with Crippen LogP contribution in [0, 0.1) is 11.8 Å². The number of benzene rings is 2. The number of fused-ring (bicyclic) bond motifs is 7. The molecule has 0 aromatic heterocycles. The second kappa shape index (κ2) is 6.66. The van der Waals surface area contributed by atoms with Crippen molar-refractivity contribution < 1.29 is 27.6 Å². The van der Waals surface area contributed by atoms with Gasteiger partial charge in [0.25, 0.3) is 0 Å². The molecule has 0 unspecified atom stereocenters. The molecule has 4 aliphatic heterocycles. The average molecular weight is 520 g/mol. The molecule has 1 N–H and O–H groups in total. The van der Waals surface area contributed by atoms with Gasteiger partial charge in [0.2, 0.25) is 17.7 Å². The molecule has 170 valence electrons. The zero-order valence-electron chi connectivity index (χ0n) is 17.0. The van der Waals surface area contributed by atoms with E-state index >= 15 is 0 Å². The van der Waals surface area contributed by atoms with E-state index < -0.39 is 40.9 Å². The van der Waals surface area contributed by atoms with Crippen LogP contribution in [0.1, 0.15) is 24.0 Å². The molecule has 2 aromatic rings. The van der Waals surface area contributed by atoms with E-state index in [1.807, 2.05) is 4.90 Å². The van der Waals surface area contributed by atoms with Crippen molar-refractivity contribution in [3.05, 3.63) is 58.1 Å². The lowest BCUT2D eigenvalue weighted by Gasteiger charge is -2.36. The second-order valence-corrected chi connectivity index (χ2v) is 9.79. The summed E-state index contributed by atoms with van der Waals surface area (Å²) in [7, 11) is 0. The maximum absolute atomic E-state index is 13.8. The fourth-order valence-corrected chi connectivity index (χ4v) is 6.61. The van der Waals surface area contributed by atoms with Gasteiger partial charge in [-0.1, -0.05) is 22.0 Å². The average Bonchev–Trinajstić information content (AvgIpc) is 3.46. The Labute approximate surface area is 194 Å². The summed E-state index contributed by atoms with van der Waals surface area (Å²) in [6.07, 6.45) is -3.22. The Balaban J connectivity index is 1.53. The number of amides is 3. The number of halogens is 4. The maximum atomic E-state index is 13.8. The molecular weight excluding hydrogens is 503 g/mol. The Kier molecular flexibility index (Phi) is 4.21. The smallest absolute Gasteiger partial charge is 0.324 e. The molecule has 6 rings (SSSR count). The second-order valence-electron chi connectivity index (χ2n) is 8.88. The van der Waals surface area contributed by atoms with Gasteiger partial charge in [-0.3, -0.25) is 19.3 Å². The van der Waals surface area contributed by atoms with Crippen molar-refractivity contribution in [1.29, 1.82) is 0 Å². The molecule has 4 aliphatic rings. The van der Waals surface area contributed by atoms with E-state index in [0.29, 0.717) is 24.2 Å². The fourth-order valence-electron chi connectivity index (χ4n) is 6.25. The minimum absolute atomic E-state index is 0.123. The van der Waals surface area contributed by atoms with E-state index in [4.69, 9.17) is 0 Å². The fraction of sp³-hybridized carbons (Fsp3) is 0.348. The highest BCUT2D eigenvalue weighted by molar-refractivity contribution is 9.10. The number of nitrogens with zero attached hydrogens (tertiary/aromatic N) is 2. The van der Waals surface area contributed by atoms with Crippen LogP contribution in [-0.2, 0) is 26.1 Å². The zero-order chi connectivity index (χ0) is 23.3. The molecule has 6 nitrogen and oxygen atoms in total. The molecular formula is C23H17BrF3N3O3. The number of imide groups is 1. The molecule has 3 fully saturated rings. The van der Waals surface area contributed by atoms with Gasteiger partial charge in [-0.25, -0.2) is 4.90 Å². The summed E-state index contributed by atoms with van der Waals surface area (Å²) >= 11 is 3.44. The number of carbonyl (C=O) groups excluding carboxylic acids is 3. The third kappa shape index (κ3) is 2.56. The van der Waals surface area contributed by atoms with E-state index in [9.17, 15) is 27.6 Å². The van der Waals surface area contributed by atoms with Crippen LogP contribution < -0.4 is 10.2 Å². The highest BCUT2D eigenvalue weighted by atomic mass is 79.9. The van der Waals surface area contributed by atoms with E-state index in [1.165, 1.54) is 12.1 Å².